The lowest BCUT2D eigenvalue weighted by Crippen LogP contribution is -2.20. The summed E-state index contributed by atoms with van der Waals surface area (Å²) in [5.41, 5.74) is -0.521. The van der Waals surface area contributed by atoms with E-state index in [9.17, 15) is 26.7 Å². The molecule has 4 rings (SSSR count). The number of aryl methyl sites for hydroxylation is 1. The zero-order valence-corrected chi connectivity index (χ0v) is 16.5. The van der Waals surface area contributed by atoms with Crippen molar-refractivity contribution in [3.05, 3.63) is 65.5 Å². The van der Waals surface area contributed by atoms with Crippen LogP contribution in [-0.2, 0) is 17.5 Å². The topological polar surface area (TPSA) is 73.0 Å². The SMILES string of the molecule is Cc1nn(CC(=O)Nc2ccc(C(F)(F)F)cc2)c2nc(-c3ccco3)cc(C(F)F)c12. The van der Waals surface area contributed by atoms with Gasteiger partial charge in [-0.25, -0.2) is 18.4 Å². The molecule has 1 N–H and O–H groups in total. The minimum atomic E-state index is -4.49. The number of pyridine rings is 1. The number of fused-ring (bicyclic) bond motifs is 1. The van der Waals surface area contributed by atoms with E-state index < -0.39 is 24.1 Å². The highest BCUT2D eigenvalue weighted by Gasteiger charge is 2.30. The van der Waals surface area contributed by atoms with E-state index in [1.807, 2.05) is 0 Å². The first kappa shape index (κ1) is 21.5. The molecule has 3 heterocycles. The molecular weight excluding hydrogens is 435 g/mol. The molecule has 166 valence electrons. The first-order chi connectivity index (χ1) is 15.1. The van der Waals surface area contributed by atoms with Crippen LogP contribution in [-0.4, -0.2) is 20.7 Å². The summed E-state index contributed by atoms with van der Waals surface area (Å²) in [5, 5.41) is 6.75. The van der Waals surface area contributed by atoms with Crippen molar-refractivity contribution in [2.24, 2.45) is 0 Å². The van der Waals surface area contributed by atoms with E-state index in [1.54, 1.807) is 12.1 Å². The van der Waals surface area contributed by atoms with Gasteiger partial charge in [0, 0.05) is 11.3 Å². The van der Waals surface area contributed by atoms with Gasteiger partial charge in [-0.1, -0.05) is 0 Å². The van der Waals surface area contributed by atoms with Gasteiger partial charge in [0.05, 0.1) is 22.9 Å². The second-order valence-corrected chi connectivity index (χ2v) is 6.94. The lowest BCUT2D eigenvalue weighted by Gasteiger charge is -2.10. The van der Waals surface area contributed by atoms with Crippen molar-refractivity contribution in [2.75, 3.05) is 5.32 Å². The van der Waals surface area contributed by atoms with Crippen molar-refractivity contribution in [1.29, 1.82) is 0 Å². The van der Waals surface area contributed by atoms with Crippen molar-refractivity contribution in [1.82, 2.24) is 14.8 Å². The first-order valence-electron chi connectivity index (χ1n) is 9.30. The van der Waals surface area contributed by atoms with Gasteiger partial charge in [0.1, 0.15) is 12.2 Å². The van der Waals surface area contributed by atoms with E-state index in [-0.39, 0.29) is 46.0 Å². The van der Waals surface area contributed by atoms with Crippen molar-refractivity contribution >= 4 is 22.6 Å². The highest BCUT2D eigenvalue weighted by atomic mass is 19.4. The monoisotopic (exact) mass is 450 g/mol. The molecule has 0 atom stereocenters. The Labute approximate surface area is 177 Å². The van der Waals surface area contributed by atoms with Crippen LogP contribution in [0.4, 0.5) is 27.6 Å². The second kappa shape index (κ2) is 8.06. The molecular formula is C21H15F5N4O2. The Morgan fingerprint density at radius 3 is 2.50 bits per heavy atom. The zero-order chi connectivity index (χ0) is 23.0. The number of carbonyl (C=O) groups excluding carboxylic acids is 1. The van der Waals surface area contributed by atoms with Gasteiger partial charge in [-0.3, -0.25) is 4.79 Å². The fourth-order valence-corrected chi connectivity index (χ4v) is 3.30. The van der Waals surface area contributed by atoms with Crippen LogP contribution < -0.4 is 5.32 Å². The summed E-state index contributed by atoms with van der Waals surface area (Å²) in [6.07, 6.45) is -5.93. The summed E-state index contributed by atoms with van der Waals surface area (Å²) < 4.78 is 71.9. The summed E-state index contributed by atoms with van der Waals surface area (Å²) in [6, 6.07) is 8.29. The van der Waals surface area contributed by atoms with Gasteiger partial charge in [0.2, 0.25) is 5.91 Å². The number of alkyl halides is 5. The number of benzene rings is 1. The predicted molar refractivity (Wildman–Crippen MR) is 105 cm³/mol. The molecule has 4 aromatic rings. The number of rotatable bonds is 5. The molecule has 0 aliphatic rings. The first-order valence-corrected chi connectivity index (χ1v) is 9.30. The number of amides is 1. The van der Waals surface area contributed by atoms with Crippen LogP contribution in [0.5, 0.6) is 0 Å². The van der Waals surface area contributed by atoms with Crippen LogP contribution >= 0.6 is 0 Å². The fraction of sp³-hybridized carbons (Fsp3) is 0.190. The highest BCUT2D eigenvalue weighted by Crippen LogP contribution is 2.33. The maximum absolute atomic E-state index is 13.7. The Bertz CT molecular complexity index is 1260. The van der Waals surface area contributed by atoms with E-state index in [4.69, 9.17) is 4.42 Å². The third-order valence-corrected chi connectivity index (χ3v) is 4.71. The summed E-state index contributed by atoms with van der Waals surface area (Å²) in [5.74, 6) is -0.341. The van der Waals surface area contributed by atoms with Crippen LogP contribution in [0.15, 0.2) is 53.1 Å². The van der Waals surface area contributed by atoms with Crippen molar-refractivity contribution in [3.8, 4) is 11.5 Å². The molecule has 6 nitrogen and oxygen atoms in total. The normalized spacial score (nSPS) is 12.0. The Balaban J connectivity index is 1.65. The molecule has 0 saturated heterocycles. The Kier molecular flexibility index (Phi) is 5.41. The molecule has 32 heavy (non-hydrogen) atoms. The summed E-state index contributed by atoms with van der Waals surface area (Å²) in [4.78, 5) is 16.8. The maximum atomic E-state index is 13.7. The summed E-state index contributed by atoms with van der Waals surface area (Å²) in [6.45, 7) is 1.13. The third kappa shape index (κ3) is 4.18. The molecule has 0 radical (unpaired) electrons. The van der Waals surface area contributed by atoms with Gasteiger partial charge < -0.3 is 9.73 Å². The van der Waals surface area contributed by atoms with Crippen LogP contribution in [0, 0.1) is 6.92 Å². The number of anilines is 1. The highest BCUT2D eigenvalue weighted by molar-refractivity contribution is 5.92. The number of nitrogens with zero attached hydrogens (tertiary/aromatic N) is 3. The summed E-state index contributed by atoms with van der Waals surface area (Å²) >= 11 is 0. The third-order valence-electron chi connectivity index (χ3n) is 4.71. The van der Waals surface area contributed by atoms with Crippen molar-refractivity contribution in [2.45, 2.75) is 26.1 Å². The molecule has 0 aliphatic carbocycles. The minimum Gasteiger partial charge on any atom is -0.463 e. The standard InChI is InChI=1S/C21H15F5N4O2/c1-11-18-14(19(22)23)9-15(16-3-2-8-32-16)28-20(18)30(29-11)10-17(31)27-13-6-4-12(5-7-13)21(24,25)26/h2-9,19H,10H2,1H3,(H,27,31). The Morgan fingerprint density at radius 2 is 1.91 bits per heavy atom. The molecule has 3 aromatic heterocycles. The average molecular weight is 450 g/mol. The predicted octanol–water partition coefficient (Wildman–Crippen LogP) is 5.59. The molecule has 0 bridgehead atoms. The quantitative estimate of drug-likeness (QED) is 0.402. The molecule has 11 heteroatoms. The van der Waals surface area contributed by atoms with Gasteiger partial charge in [-0.2, -0.15) is 18.3 Å². The van der Waals surface area contributed by atoms with Crippen LogP contribution in [0.25, 0.3) is 22.5 Å². The molecule has 0 aliphatic heterocycles. The van der Waals surface area contributed by atoms with Gasteiger partial charge in [-0.15, -0.1) is 0 Å². The van der Waals surface area contributed by atoms with E-state index in [1.165, 1.54) is 23.9 Å². The number of hydrogen-bond acceptors (Lipinski definition) is 4. The molecule has 0 unspecified atom stereocenters. The van der Waals surface area contributed by atoms with Crippen LogP contribution in [0.1, 0.15) is 23.2 Å². The molecule has 1 amide bonds. The maximum Gasteiger partial charge on any atom is 0.416 e. The van der Waals surface area contributed by atoms with Gasteiger partial charge in [0.25, 0.3) is 6.43 Å². The van der Waals surface area contributed by atoms with Crippen LogP contribution in [0.2, 0.25) is 0 Å². The van der Waals surface area contributed by atoms with Gasteiger partial charge in [-0.05, 0) is 49.4 Å². The Morgan fingerprint density at radius 1 is 1.19 bits per heavy atom. The number of hydrogen-bond donors (Lipinski definition) is 1. The van der Waals surface area contributed by atoms with E-state index in [2.05, 4.69) is 15.4 Å². The van der Waals surface area contributed by atoms with Gasteiger partial charge >= 0.3 is 6.18 Å². The lowest BCUT2D eigenvalue weighted by atomic mass is 10.1. The molecule has 1 aromatic carbocycles. The van der Waals surface area contributed by atoms with E-state index >= 15 is 0 Å². The molecule has 0 fully saturated rings. The van der Waals surface area contributed by atoms with Crippen molar-refractivity contribution in [3.63, 3.8) is 0 Å². The number of halogens is 5. The van der Waals surface area contributed by atoms with E-state index in [0.717, 1.165) is 24.3 Å². The lowest BCUT2D eigenvalue weighted by molar-refractivity contribution is -0.137. The molecule has 0 saturated carbocycles. The number of aromatic nitrogens is 3. The van der Waals surface area contributed by atoms with E-state index in [0.29, 0.717) is 0 Å². The number of furan rings is 1. The number of carbonyl (C=O) groups is 1. The van der Waals surface area contributed by atoms with Crippen LogP contribution in [0.3, 0.4) is 0 Å². The average Bonchev–Trinajstić information content (AvgIpc) is 3.36. The van der Waals surface area contributed by atoms with Gasteiger partial charge in [0.15, 0.2) is 11.4 Å². The largest absolute Gasteiger partial charge is 0.463 e. The fourth-order valence-electron chi connectivity index (χ4n) is 3.30. The summed E-state index contributed by atoms with van der Waals surface area (Å²) in [7, 11) is 0. The van der Waals surface area contributed by atoms with Crippen molar-refractivity contribution < 1.29 is 31.2 Å². The minimum absolute atomic E-state index is 0.0641. The Hall–Kier alpha value is -3.76. The second-order valence-electron chi connectivity index (χ2n) is 6.94. The molecule has 0 spiro atoms. The smallest absolute Gasteiger partial charge is 0.416 e. The number of nitrogens with one attached hydrogen (secondary N) is 1. The zero-order valence-electron chi connectivity index (χ0n) is 16.5.